The summed E-state index contributed by atoms with van der Waals surface area (Å²) in [5.41, 5.74) is 3.65. The van der Waals surface area contributed by atoms with E-state index < -0.39 is 11.6 Å². The number of ether oxygens (including phenoxy) is 1. The van der Waals surface area contributed by atoms with Crippen LogP contribution in [0, 0.1) is 5.92 Å². The maximum absolute atomic E-state index is 13.6. The second-order valence-corrected chi connectivity index (χ2v) is 9.95. The van der Waals surface area contributed by atoms with Gasteiger partial charge in [-0.1, -0.05) is 33.8 Å². The number of hydrogen-bond donors (Lipinski definition) is 1. The molecular weight excluding hydrogens is 444 g/mol. The first-order valence-electron chi connectivity index (χ1n) is 12.3. The highest BCUT2D eigenvalue weighted by atomic mass is 16.6. The molecule has 3 aliphatic rings. The Balaban J connectivity index is 1.66. The molecule has 0 aliphatic carbocycles. The normalized spacial score (nSPS) is 20.0. The molecule has 0 saturated heterocycles. The molecule has 1 unspecified atom stereocenters. The van der Waals surface area contributed by atoms with Gasteiger partial charge >= 0.3 is 5.97 Å². The number of hydrogen-bond acceptors (Lipinski definition) is 7. The first-order chi connectivity index (χ1) is 16.8. The quantitative estimate of drug-likeness (QED) is 0.451. The molecule has 6 rings (SSSR count). The van der Waals surface area contributed by atoms with Crippen LogP contribution in [0.3, 0.4) is 0 Å². The van der Waals surface area contributed by atoms with E-state index in [0.29, 0.717) is 35.0 Å². The molecule has 5 heterocycles. The third kappa shape index (κ3) is 2.89. The van der Waals surface area contributed by atoms with Crippen LogP contribution in [-0.4, -0.2) is 33.0 Å². The van der Waals surface area contributed by atoms with Crippen molar-refractivity contribution in [1.82, 2.24) is 9.55 Å². The summed E-state index contributed by atoms with van der Waals surface area (Å²) < 4.78 is 6.91. The molecule has 0 saturated carbocycles. The molecule has 1 atom stereocenters. The van der Waals surface area contributed by atoms with E-state index in [1.165, 1.54) is 0 Å². The van der Waals surface area contributed by atoms with Crippen molar-refractivity contribution >= 4 is 34.1 Å². The van der Waals surface area contributed by atoms with Gasteiger partial charge in [0.25, 0.3) is 5.56 Å². The van der Waals surface area contributed by atoms with E-state index in [9.17, 15) is 14.7 Å². The number of benzene rings is 1. The van der Waals surface area contributed by atoms with Crippen molar-refractivity contribution in [2.75, 3.05) is 11.4 Å². The third-order valence-corrected chi connectivity index (χ3v) is 7.36. The van der Waals surface area contributed by atoms with Gasteiger partial charge in [-0.2, -0.15) is 0 Å². The summed E-state index contributed by atoms with van der Waals surface area (Å²) in [6.07, 6.45) is 0.899. The second-order valence-electron chi connectivity index (χ2n) is 9.95. The highest BCUT2D eigenvalue weighted by molar-refractivity contribution is 6.16. The van der Waals surface area contributed by atoms with Crippen molar-refractivity contribution in [2.45, 2.75) is 59.3 Å². The van der Waals surface area contributed by atoms with Gasteiger partial charge in [-0.05, 0) is 30.5 Å². The average molecular weight is 473 g/mol. The molecule has 0 fully saturated rings. The van der Waals surface area contributed by atoms with E-state index in [2.05, 4.69) is 25.7 Å². The molecule has 3 aromatic rings. The smallest absolute Gasteiger partial charge is 0.343 e. The number of aliphatic imine (C=N–C) groups is 1. The van der Waals surface area contributed by atoms with Gasteiger partial charge in [-0.25, -0.2) is 14.8 Å². The summed E-state index contributed by atoms with van der Waals surface area (Å²) in [7, 11) is 0. The molecule has 0 amide bonds. The van der Waals surface area contributed by atoms with Gasteiger partial charge in [0, 0.05) is 24.1 Å². The molecule has 1 N–H and O–H groups in total. The number of anilines is 1. The summed E-state index contributed by atoms with van der Waals surface area (Å²) in [6.45, 7) is 9.21. The zero-order chi connectivity index (χ0) is 24.6. The van der Waals surface area contributed by atoms with Crippen LogP contribution in [0.1, 0.15) is 57.2 Å². The summed E-state index contributed by atoms with van der Waals surface area (Å²) in [4.78, 5) is 38.4. The number of esters is 1. The Labute approximate surface area is 202 Å². The number of amidine groups is 1. The molecule has 8 heteroatoms. The number of carbonyl (C=O) groups is 1. The van der Waals surface area contributed by atoms with E-state index in [1.807, 2.05) is 18.2 Å². The van der Waals surface area contributed by atoms with Gasteiger partial charge in [0.05, 0.1) is 45.8 Å². The van der Waals surface area contributed by atoms with Crippen LogP contribution < -0.4 is 10.5 Å². The van der Waals surface area contributed by atoms with Crippen molar-refractivity contribution in [3.05, 3.63) is 51.3 Å². The SMILES string of the molecule is CCC1=Nc2cccc3nc4c(c(c23)N1CC(C)C)Cn1c-4cc2c(c1=O)COC(=O)C2(O)CC. The molecule has 0 bridgehead atoms. The van der Waals surface area contributed by atoms with Gasteiger partial charge in [0.1, 0.15) is 12.4 Å². The number of cyclic esters (lactones) is 1. The fourth-order valence-electron chi connectivity index (χ4n) is 5.64. The van der Waals surface area contributed by atoms with Crippen molar-refractivity contribution in [3.8, 4) is 11.4 Å². The standard InChI is InChI=1S/C27H28N4O4/c1-5-21-28-18-8-7-9-19-22(18)24(31(21)11-14(3)4)15-12-30-20(23(15)29-19)10-17-16(25(30)32)13-35-26(33)27(17,34)6-2/h7-10,14,34H,5-6,11-13H2,1-4H3. The van der Waals surface area contributed by atoms with E-state index in [0.717, 1.165) is 46.6 Å². The minimum Gasteiger partial charge on any atom is -0.458 e. The van der Waals surface area contributed by atoms with Crippen LogP contribution in [-0.2, 0) is 28.3 Å². The molecular formula is C27H28N4O4. The largest absolute Gasteiger partial charge is 0.458 e. The lowest BCUT2D eigenvalue weighted by Gasteiger charge is -2.33. The Kier molecular flexibility index (Phi) is 4.70. The first kappa shape index (κ1) is 22.0. The van der Waals surface area contributed by atoms with E-state index in [4.69, 9.17) is 14.7 Å². The van der Waals surface area contributed by atoms with Crippen LogP contribution in [0.2, 0.25) is 0 Å². The Morgan fingerprint density at radius 1 is 1.20 bits per heavy atom. The number of carbonyl (C=O) groups excluding carboxylic acids is 1. The Morgan fingerprint density at radius 2 is 2.00 bits per heavy atom. The summed E-state index contributed by atoms with van der Waals surface area (Å²) >= 11 is 0. The molecule has 3 aliphatic heterocycles. The summed E-state index contributed by atoms with van der Waals surface area (Å²) in [5, 5.41) is 12.2. The topological polar surface area (TPSA) is 97.0 Å². The molecule has 8 nitrogen and oxygen atoms in total. The number of pyridine rings is 2. The van der Waals surface area contributed by atoms with Gasteiger partial charge in [0.15, 0.2) is 5.60 Å². The van der Waals surface area contributed by atoms with Crippen molar-refractivity contribution in [1.29, 1.82) is 0 Å². The summed E-state index contributed by atoms with van der Waals surface area (Å²) in [5.74, 6) is 0.680. The van der Waals surface area contributed by atoms with Gasteiger partial charge in [0.2, 0.25) is 0 Å². The fourth-order valence-corrected chi connectivity index (χ4v) is 5.64. The highest BCUT2D eigenvalue weighted by Crippen LogP contribution is 2.47. The van der Waals surface area contributed by atoms with E-state index in [-0.39, 0.29) is 18.6 Å². The Hall–Kier alpha value is -3.52. The van der Waals surface area contributed by atoms with Crippen LogP contribution in [0.15, 0.2) is 34.1 Å². The van der Waals surface area contributed by atoms with Gasteiger partial charge in [-0.15, -0.1) is 0 Å². The van der Waals surface area contributed by atoms with Gasteiger partial charge < -0.3 is 19.3 Å². The number of aliphatic hydroxyl groups is 1. The third-order valence-electron chi connectivity index (χ3n) is 7.36. The van der Waals surface area contributed by atoms with Crippen molar-refractivity contribution < 1.29 is 14.6 Å². The van der Waals surface area contributed by atoms with Crippen molar-refractivity contribution in [3.63, 3.8) is 0 Å². The molecule has 180 valence electrons. The van der Waals surface area contributed by atoms with Crippen LogP contribution in [0.4, 0.5) is 11.4 Å². The summed E-state index contributed by atoms with van der Waals surface area (Å²) in [6, 6.07) is 7.71. The average Bonchev–Trinajstić information content (AvgIpc) is 3.21. The fraction of sp³-hybridized carbons (Fsp3) is 0.407. The zero-order valence-electron chi connectivity index (χ0n) is 20.4. The Bertz CT molecular complexity index is 1520. The number of rotatable bonds is 4. The molecule has 2 aromatic heterocycles. The van der Waals surface area contributed by atoms with Crippen LogP contribution >= 0.6 is 0 Å². The second kappa shape index (κ2) is 7.49. The number of aromatic nitrogens is 2. The zero-order valence-corrected chi connectivity index (χ0v) is 20.4. The predicted octanol–water partition coefficient (Wildman–Crippen LogP) is 4.00. The lowest BCUT2D eigenvalue weighted by molar-refractivity contribution is -0.172. The van der Waals surface area contributed by atoms with Crippen molar-refractivity contribution in [2.24, 2.45) is 10.9 Å². The lowest BCUT2D eigenvalue weighted by Crippen LogP contribution is -2.44. The lowest BCUT2D eigenvalue weighted by atomic mass is 9.86. The monoisotopic (exact) mass is 472 g/mol. The molecule has 0 spiro atoms. The predicted molar refractivity (Wildman–Crippen MR) is 134 cm³/mol. The minimum atomic E-state index is -1.84. The highest BCUT2D eigenvalue weighted by Gasteiger charge is 2.45. The number of fused-ring (bicyclic) bond motifs is 5. The van der Waals surface area contributed by atoms with Crippen LogP contribution in [0.25, 0.3) is 22.3 Å². The van der Waals surface area contributed by atoms with E-state index in [1.54, 1.807) is 17.6 Å². The Morgan fingerprint density at radius 3 is 2.71 bits per heavy atom. The number of nitrogens with zero attached hydrogens (tertiary/aromatic N) is 4. The maximum Gasteiger partial charge on any atom is 0.343 e. The molecule has 1 aromatic carbocycles. The van der Waals surface area contributed by atoms with Gasteiger partial charge in [-0.3, -0.25) is 4.79 Å². The maximum atomic E-state index is 13.6. The first-order valence-corrected chi connectivity index (χ1v) is 12.3. The molecule has 0 radical (unpaired) electrons. The van der Waals surface area contributed by atoms with Crippen LogP contribution in [0.5, 0.6) is 0 Å². The minimum absolute atomic E-state index is 0.118. The van der Waals surface area contributed by atoms with E-state index >= 15 is 0 Å². The molecule has 35 heavy (non-hydrogen) atoms.